The van der Waals surface area contributed by atoms with Crippen LogP contribution in [0.25, 0.3) is 0 Å². The Morgan fingerprint density at radius 3 is 2.43 bits per heavy atom. The van der Waals surface area contributed by atoms with Crippen LogP contribution in [-0.2, 0) is 6.42 Å². The first-order chi connectivity index (χ1) is 6.72. The third-order valence-corrected chi connectivity index (χ3v) is 2.33. The van der Waals surface area contributed by atoms with E-state index in [2.05, 4.69) is 0 Å². The van der Waals surface area contributed by atoms with Gasteiger partial charge >= 0.3 is 0 Å². The fourth-order valence-corrected chi connectivity index (χ4v) is 1.45. The molecule has 0 aliphatic heterocycles. The molecule has 0 aromatic heterocycles. The van der Waals surface area contributed by atoms with Gasteiger partial charge in [-0.15, -0.1) is 0 Å². The molecule has 0 radical (unpaired) electrons. The minimum absolute atomic E-state index is 0.137. The van der Waals surface area contributed by atoms with Crippen LogP contribution in [0.3, 0.4) is 0 Å². The first-order valence-electron chi connectivity index (χ1n) is 4.75. The van der Waals surface area contributed by atoms with E-state index in [1.165, 1.54) is 0 Å². The molecule has 0 amide bonds. The third kappa shape index (κ3) is 4.09. The van der Waals surface area contributed by atoms with Crippen LogP contribution in [-0.4, -0.2) is 22.9 Å². The summed E-state index contributed by atoms with van der Waals surface area (Å²) in [6.07, 6.45) is 1.54. The van der Waals surface area contributed by atoms with Crippen LogP contribution < -0.4 is 0 Å². The van der Waals surface area contributed by atoms with Gasteiger partial charge in [0.15, 0.2) is 0 Å². The fourth-order valence-electron chi connectivity index (χ4n) is 1.32. The van der Waals surface area contributed by atoms with Crippen LogP contribution in [0, 0.1) is 0 Å². The van der Waals surface area contributed by atoms with Crippen LogP contribution in [0.15, 0.2) is 24.3 Å². The first kappa shape index (κ1) is 11.5. The Morgan fingerprint density at radius 2 is 1.86 bits per heavy atom. The van der Waals surface area contributed by atoms with E-state index in [0.717, 1.165) is 5.56 Å². The number of aliphatic hydroxyl groups is 2. The van der Waals surface area contributed by atoms with E-state index in [9.17, 15) is 5.11 Å². The van der Waals surface area contributed by atoms with Crippen molar-refractivity contribution >= 4 is 11.6 Å². The molecule has 1 unspecified atom stereocenters. The zero-order valence-corrected chi connectivity index (χ0v) is 8.74. The van der Waals surface area contributed by atoms with Crippen molar-refractivity contribution < 1.29 is 10.2 Å². The van der Waals surface area contributed by atoms with Gasteiger partial charge < -0.3 is 10.2 Å². The smallest absolute Gasteiger partial charge is 0.0581 e. The summed E-state index contributed by atoms with van der Waals surface area (Å²) in [5.41, 5.74) is 1.07. The highest BCUT2D eigenvalue weighted by Crippen LogP contribution is 2.12. The Bertz CT molecular complexity index is 258. The van der Waals surface area contributed by atoms with E-state index >= 15 is 0 Å². The van der Waals surface area contributed by atoms with Gasteiger partial charge in [-0.05, 0) is 37.0 Å². The molecule has 0 spiro atoms. The lowest BCUT2D eigenvalue weighted by Crippen LogP contribution is -2.10. The SMILES string of the molecule is OCCCC(O)Cc1ccc(Cl)cc1. The van der Waals surface area contributed by atoms with Crippen molar-refractivity contribution in [1.29, 1.82) is 0 Å². The summed E-state index contributed by atoms with van der Waals surface area (Å²) in [6.45, 7) is 0.137. The maximum Gasteiger partial charge on any atom is 0.0581 e. The minimum atomic E-state index is -0.372. The first-order valence-corrected chi connectivity index (χ1v) is 5.13. The van der Waals surface area contributed by atoms with Gasteiger partial charge in [-0.25, -0.2) is 0 Å². The monoisotopic (exact) mass is 214 g/mol. The van der Waals surface area contributed by atoms with E-state index in [1.807, 2.05) is 24.3 Å². The topological polar surface area (TPSA) is 40.5 Å². The highest BCUT2D eigenvalue weighted by Gasteiger charge is 2.04. The average Bonchev–Trinajstić information content (AvgIpc) is 2.18. The van der Waals surface area contributed by atoms with Gasteiger partial charge in [0.25, 0.3) is 0 Å². The van der Waals surface area contributed by atoms with Gasteiger partial charge in [-0.2, -0.15) is 0 Å². The van der Waals surface area contributed by atoms with Crippen LogP contribution in [0.5, 0.6) is 0 Å². The van der Waals surface area contributed by atoms with Gasteiger partial charge in [-0.1, -0.05) is 23.7 Å². The Kier molecular flexibility index (Phi) is 4.94. The Morgan fingerprint density at radius 1 is 1.21 bits per heavy atom. The van der Waals surface area contributed by atoms with E-state index in [0.29, 0.717) is 24.3 Å². The summed E-state index contributed by atoms with van der Waals surface area (Å²) in [6, 6.07) is 7.44. The van der Waals surface area contributed by atoms with Crippen molar-refractivity contribution in [3.63, 3.8) is 0 Å². The summed E-state index contributed by atoms with van der Waals surface area (Å²) in [5.74, 6) is 0. The lowest BCUT2D eigenvalue weighted by Gasteiger charge is -2.09. The average molecular weight is 215 g/mol. The van der Waals surface area contributed by atoms with Crippen LogP contribution in [0.1, 0.15) is 18.4 Å². The molecule has 14 heavy (non-hydrogen) atoms. The summed E-state index contributed by atoms with van der Waals surface area (Å²) < 4.78 is 0. The summed E-state index contributed by atoms with van der Waals surface area (Å²) in [7, 11) is 0. The molecule has 0 bridgehead atoms. The van der Waals surface area contributed by atoms with Crippen molar-refractivity contribution in [3.05, 3.63) is 34.9 Å². The van der Waals surface area contributed by atoms with Crippen molar-refractivity contribution in [1.82, 2.24) is 0 Å². The van der Waals surface area contributed by atoms with Crippen LogP contribution in [0.2, 0.25) is 5.02 Å². The zero-order chi connectivity index (χ0) is 10.4. The van der Waals surface area contributed by atoms with E-state index in [1.54, 1.807) is 0 Å². The zero-order valence-electron chi connectivity index (χ0n) is 7.99. The molecule has 0 aliphatic rings. The highest BCUT2D eigenvalue weighted by molar-refractivity contribution is 6.30. The molecule has 1 atom stereocenters. The fraction of sp³-hybridized carbons (Fsp3) is 0.455. The Balaban J connectivity index is 2.39. The van der Waals surface area contributed by atoms with Crippen LogP contribution >= 0.6 is 11.6 Å². The van der Waals surface area contributed by atoms with Crippen molar-refractivity contribution in [3.8, 4) is 0 Å². The Hall–Kier alpha value is -0.570. The molecule has 0 fully saturated rings. The second kappa shape index (κ2) is 6.02. The number of rotatable bonds is 5. The van der Waals surface area contributed by atoms with Gasteiger partial charge in [0.1, 0.15) is 0 Å². The molecule has 1 rings (SSSR count). The van der Waals surface area contributed by atoms with E-state index in [-0.39, 0.29) is 12.7 Å². The molecule has 1 aromatic carbocycles. The Labute approximate surface area is 89.1 Å². The van der Waals surface area contributed by atoms with Crippen molar-refractivity contribution in [2.75, 3.05) is 6.61 Å². The normalized spacial score (nSPS) is 12.8. The largest absolute Gasteiger partial charge is 0.396 e. The van der Waals surface area contributed by atoms with Gasteiger partial charge in [-0.3, -0.25) is 0 Å². The minimum Gasteiger partial charge on any atom is -0.396 e. The van der Waals surface area contributed by atoms with E-state index in [4.69, 9.17) is 16.7 Å². The second-order valence-corrected chi connectivity index (χ2v) is 3.79. The number of hydrogen-bond donors (Lipinski definition) is 2. The molecule has 2 nitrogen and oxygen atoms in total. The molecule has 2 N–H and O–H groups in total. The summed E-state index contributed by atoms with van der Waals surface area (Å²) in [5, 5.41) is 18.9. The predicted molar refractivity (Wildman–Crippen MR) is 57.5 cm³/mol. The molecular formula is C11H15ClO2. The van der Waals surface area contributed by atoms with Crippen molar-refractivity contribution in [2.45, 2.75) is 25.4 Å². The maximum absolute atomic E-state index is 9.56. The van der Waals surface area contributed by atoms with Crippen molar-refractivity contribution in [2.24, 2.45) is 0 Å². The molecule has 0 saturated carbocycles. The summed E-state index contributed by atoms with van der Waals surface area (Å²) >= 11 is 5.74. The quantitative estimate of drug-likeness (QED) is 0.788. The third-order valence-electron chi connectivity index (χ3n) is 2.08. The lowest BCUT2D eigenvalue weighted by atomic mass is 10.0. The number of aliphatic hydroxyl groups excluding tert-OH is 2. The maximum atomic E-state index is 9.56. The van der Waals surface area contributed by atoms with E-state index < -0.39 is 0 Å². The summed E-state index contributed by atoms with van der Waals surface area (Å²) in [4.78, 5) is 0. The molecule has 0 saturated heterocycles. The number of hydrogen-bond acceptors (Lipinski definition) is 2. The van der Waals surface area contributed by atoms with Gasteiger partial charge in [0, 0.05) is 11.6 Å². The van der Waals surface area contributed by atoms with Crippen LogP contribution in [0.4, 0.5) is 0 Å². The molecule has 0 aliphatic carbocycles. The second-order valence-electron chi connectivity index (χ2n) is 3.35. The van der Waals surface area contributed by atoms with Gasteiger partial charge in [0.2, 0.25) is 0 Å². The highest BCUT2D eigenvalue weighted by atomic mass is 35.5. The molecule has 0 heterocycles. The predicted octanol–water partition coefficient (Wildman–Crippen LogP) is 2.02. The number of halogens is 1. The van der Waals surface area contributed by atoms with Gasteiger partial charge in [0.05, 0.1) is 6.10 Å². The lowest BCUT2D eigenvalue weighted by molar-refractivity contribution is 0.150. The molecule has 78 valence electrons. The number of benzene rings is 1. The molecule has 1 aromatic rings. The standard InChI is InChI=1S/C11H15ClO2/c12-10-5-3-9(4-6-10)8-11(14)2-1-7-13/h3-6,11,13-14H,1-2,7-8H2. The molecular weight excluding hydrogens is 200 g/mol. The molecule has 3 heteroatoms.